The summed E-state index contributed by atoms with van der Waals surface area (Å²) in [7, 11) is -3.87. The minimum atomic E-state index is -3.87. The van der Waals surface area contributed by atoms with Crippen LogP contribution in [0.5, 0.6) is 0 Å². The number of hydrogen-bond acceptors (Lipinski definition) is 7. The second-order valence-corrected chi connectivity index (χ2v) is 9.87. The van der Waals surface area contributed by atoms with E-state index in [1.165, 1.54) is 16.7 Å². The fraction of sp³-hybridized carbons (Fsp3) is 0.318. The largest absolute Gasteiger partial charge is 0.420 e. The lowest BCUT2D eigenvalue weighted by atomic mass is 9.85. The van der Waals surface area contributed by atoms with E-state index >= 15 is 0 Å². The first-order valence-electron chi connectivity index (χ1n) is 10.4. The second-order valence-electron chi connectivity index (χ2n) is 8.18. The van der Waals surface area contributed by atoms with E-state index in [9.17, 15) is 13.2 Å². The zero-order valence-electron chi connectivity index (χ0n) is 17.7. The molecule has 0 unspecified atom stereocenters. The monoisotopic (exact) mass is 454 g/mol. The van der Waals surface area contributed by atoms with Gasteiger partial charge in [0.2, 0.25) is 5.89 Å². The molecule has 32 heavy (non-hydrogen) atoms. The lowest BCUT2D eigenvalue weighted by Gasteiger charge is -2.20. The predicted molar refractivity (Wildman–Crippen MR) is 117 cm³/mol. The van der Waals surface area contributed by atoms with Crippen molar-refractivity contribution < 1.29 is 17.4 Å². The third-order valence-electron chi connectivity index (χ3n) is 5.83. The summed E-state index contributed by atoms with van der Waals surface area (Å²) in [6.07, 6.45) is 3.21. The fourth-order valence-electron chi connectivity index (χ4n) is 3.71. The third-order valence-corrected chi connectivity index (χ3v) is 7.19. The van der Waals surface area contributed by atoms with Crippen LogP contribution >= 0.6 is 0 Å². The maximum atomic E-state index is 12.9. The van der Waals surface area contributed by atoms with Crippen LogP contribution in [0.3, 0.4) is 0 Å². The van der Waals surface area contributed by atoms with E-state index in [4.69, 9.17) is 8.94 Å². The van der Waals surface area contributed by atoms with Gasteiger partial charge in [-0.1, -0.05) is 23.7 Å². The Balaban J connectivity index is 1.44. The fourth-order valence-corrected chi connectivity index (χ4v) is 4.84. The summed E-state index contributed by atoms with van der Waals surface area (Å²) in [5.41, 5.74) is 2.87. The smallest absolute Gasteiger partial charge is 0.408 e. The summed E-state index contributed by atoms with van der Waals surface area (Å²) in [5, 5.41) is 3.97. The molecule has 2 aromatic heterocycles. The Labute approximate surface area is 184 Å². The molecule has 1 N–H and O–H groups in total. The van der Waals surface area contributed by atoms with Gasteiger partial charge in [0, 0.05) is 12.0 Å². The summed E-state index contributed by atoms with van der Waals surface area (Å²) in [5.74, 6) is 0.654. The number of benzene rings is 2. The predicted octanol–water partition coefficient (Wildman–Crippen LogP) is 3.71. The molecule has 10 heteroatoms. The summed E-state index contributed by atoms with van der Waals surface area (Å²) in [4.78, 5) is 16.8. The van der Waals surface area contributed by atoms with Crippen molar-refractivity contribution in [3.05, 3.63) is 69.8 Å². The van der Waals surface area contributed by atoms with Gasteiger partial charge >= 0.3 is 5.76 Å². The van der Waals surface area contributed by atoms with E-state index in [-0.39, 0.29) is 17.0 Å². The van der Waals surface area contributed by atoms with Crippen molar-refractivity contribution in [3.63, 3.8) is 0 Å². The molecule has 0 aliphatic heterocycles. The van der Waals surface area contributed by atoms with Crippen molar-refractivity contribution in [1.29, 1.82) is 0 Å². The molecule has 5 rings (SSSR count). The van der Waals surface area contributed by atoms with Crippen molar-refractivity contribution in [2.45, 2.75) is 50.5 Å². The first-order chi connectivity index (χ1) is 15.3. The molecule has 1 fully saturated rings. The molecule has 0 atom stereocenters. The Morgan fingerprint density at radius 1 is 1.16 bits per heavy atom. The quantitative estimate of drug-likeness (QED) is 0.471. The van der Waals surface area contributed by atoms with Crippen LogP contribution in [0.2, 0.25) is 0 Å². The molecule has 4 aromatic rings. The summed E-state index contributed by atoms with van der Waals surface area (Å²) < 4.78 is 40.4. The first kappa shape index (κ1) is 20.5. The average Bonchev–Trinajstić information content (AvgIpc) is 3.27. The molecule has 166 valence electrons. The van der Waals surface area contributed by atoms with Gasteiger partial charge in [-0.25, -0.2) is 13.2 Å². The number of aryl methyl sites for hydroxylation is 2. The number of nitrogens with one attached hydrogen (secondary N) is 1. The zero-order valence-corrected chi connectivity index (χ0v) is 18.5. The molecular formula is C22H22N4O5S. The lowest BCUT2D eigenvalue weighted by Crippen LogP contribution is -2.16. The van der Waals surface area contributed by atoms with Crippen LogP contribution in [0.15, 0.2) is 55.0 Å². The topological polar surface area (TPSA) is 120 Å². The summed E-state index contributed by atoms with van der Waals surface area (Å²) in [6, 6.07) is 9.86. The molecule has 0 spiro atoms. The third kappa shape index (κ3) is 3.70. The van der Waals surface area contributed by atoms with Crippen LogP contribution in [0.1, 0.15) is 48.0 Å². The van der Waals surface area contributed by atoms with E-state index in [1.54, 1.807) is 12.1 Å². The van der Waals surface area contributed by atoms with Gasteiger partial charge in [-0.3, -0.25) is 9.29 Å². The van der Waals surface area contributed by atoms with E-state index < -0.39 is 15.8 Å². The number of hydrogen-bond donors (Lipinski definition) is 1. The van der Waals surface area contributed by atoms with Crippen LogP contribution in [-0.2, 0) is 16.6 Å². The zero-order chi connectivity index (χ0) is 22.5. The molecule has 1 aliphatic rings. The van der Waals surface area contributed by atoms with Gasteiger partial charge < -0.3 is 8.94 Å². The van der Waals surface area contributed by atoms with E-state index in [1.807, 2.05) is 26.0 Å². The van der Waals surface area contributed by atoms with Gasteiger partial charge in [-0.2, -0.15) is 4.98 Å². The van der Waals surface area contributed by atoms with Gasteiger partial charge in [0.15, 0.2) is 11.4 Å². The normalized spacial score (nSPS) is 14.6. The molecule has 0 radical (unpaired) electrons. The van der Waals surface area contributed by atoms with E-state index in [0.29, 0.717) is 28.8 Å². The van der Waals surface area contributed by atoms with Crippen molar-refractivity contribution in [2.75, 3.05) is 4.72 Å². The highest BCUT2D eigenvalue weighted by Crippen LogP contribution is 2.35. The molecule has 1 saturated carbocycles. The number of nitrogens with zero attached hydrogens (tertiary/aromatic N) is 3. The maximum absolute atomic E-state index is 12.9. The Morgan fingerprint density at radius 2 is 1.97 bits per heavy atom. The standard InChI is InChI=1S/C22H22N4O5S/c1-13-6-7-14(2)17(10-13)25-32(28,29)16-8-9-18-19(11-16)30-22(27)26(18)12-20-23-21(31-24-20)15-4-3-5-15/h6-11,15,25H,3-5,12H2,1-2H3. The van der Waals surface area contributed by atoms with Gasteiger partial charge in [-0.15, -0.1) is 0 Å². The van der Waals surface area contributed by atoms with Crippen LogP contribution in [-0.4, -0.2) is 23.1 Å². The minimum Gasteiger partial charge on any atom is -0.408 e. The number of rotatable bonds is 6. The van der Waals surface area contributed by atoms with Crippen LogP contribution in [0.25, 0.3) is 11.1 Å². The van der Waals surface area contributed by atoms with Crippen LogP contribution in [0.4, 0.5) is 5.69 Å². The van der Waals surface area contributed by atoms with Gasteiger partial charge in [-0.05, 0) is 56.0 Å². The number of aromatic nitrogens is 3. The molecule has 0 amide bonds. The molecule has 2 heterocycles. The number of anilines is 1. The van der Waals surface area contributed by atoms with Crippen molar-refractivity contribution >= 4 is 26.8 Å². The van der Waals surface area contributed by atoms with Crippen molar-refractivity contribution in [3.8, 4) is 0 Å². The number of sulfonamides is 1. The van der Waals surface area contributed by atoms with Crippen LogP contribution < -0.4 is 10.5 Å². The Morgan fingerprint density at radius 3 is 2.72 bits per heavy atom. The van der Waals surface area contributed by atoms with Gasteiger partial charge in [0.05, 0.1) is 22.6 Å². The van der Waals surface area contributed by atoms with Crippen molar-refractivity contribution in [2.24, 2.45) is 0 Å². The highest BCUT2D eigenvalue weighted by molar-refractivity contribution is 7.92. The molecule has 1 aliphatic carbocycles. The number of fused-ring (bicyclic) bond motifs is 1. The summed E-state index contributed by atoms with van der Waals surface area (Å²) >= 11 is 0. The Bertz CT molecular complexity index is 1480. The van der Waals surface area contributed by atoms with Crippen molar-refractivity contribution in [1.82, 2.24) is 14.7 Å². The average molecular weight is 455 g/mol. The molecule has 9 nitrogen and oxygen atoms in total. The first-order valence-corrected chi connectivity index (χ1v) is 11.8. The molecule has 0 saturated heterocycles. The van der Waals surface area contributed by atoms with Gasteiger partial charge in [0.25, 0.3) is 10.0 Å². The minimum absolute atomic E-state index is 0.00126. The second kappa shape index (κ2) is 7.63. The van der Waals surface area contributed by atoms with Gasteiger partial charge in [0.1, 0.15) is 0 Å². The molecule has 0 bridgehead atoms. The SMILES string of the molecule is Cc1ccc(C)c(NS(=O)(=O)c2ccc3c(c2)oc(=O)n3Cc2noc(C3CCC3)n2)c1. The molecular weight excluding hydrogens is 432 g/mol. The highest BCUT2D eigenvalue weighted by atomic mass is 32.2. The highest BCUT2D eigenvalue weighted by Gasteiger charge is 2.26. The summed E-state index contributed by atoms with van der Waals surface area (Å²) in [6.45, 7) is 3.79. The lowest BCUT2D eigenvalue weighted by molar-refractivity contribution is 0.291. The maximum Gasteiger partial charge on any atom is 0.420 e. The van der Waals surface area contributed by atoms with E-state index in [0.717, 1.165) is 30.4 Å². The Kier molecular flexibility index (Phi) is 4.89. The number of oxazole rings is 1. The van der Waals surface area contributed by atoms with E-state index in [2.05, 4.69) is 14.9 Å². The van der Waals surface area contributed by atoms with Crippen LogP contribution in [0, 0.1) is 13.8 Å². The molecule has 2 aromatic carbocycles. The Hall–Kier alpha value is -3.40.